The SMILES string of the molecule is C=C1CCC(O)C/C1=C/C=C1\CCCC2(C)C(CC(C)/C=C/[C@@H](C)C(C)(C)O)CCC12. The zero-order valence-electron chi connectivity index (χ0n) is 20.7. The van der Waals surface area contributed by atoms with E-state index in [0.717, 1.165) is 25.2 Å². The van der Waals surface area contributed by atoms with E-state index in [1.54, 1.807) is 5.57 Å². The fraction of sp³-hybridized carbons (Fsp3) is 0.724. The molecule has 2 N–H and O–H groups in total. The average Bonchev–Trinajstić information content (AvgIpc) is 3.02. The van der Waals surface area contributed by atoms with Gasteiger partial charge in [0.25, 0.3) is 0 Å². The van der Waals surface area contributed by atoms with Crippen molar-refractivity contribution in [1.82, 2.24) is 0 Å². The summed E-state index contributed by atoms with van der Waals surface area (Å²) in [5.74, 6) is 2.20. The molecule has 6 atom stereocenters. The highest BCUT2D eigenvalue weighted by molar-refractivity contribution is 5.36. The van der Waals surface area contributed by atoms with Crippen molar-refractivity contribution in [2.75, 3.05) is 0 Å². The first kappa shape index (κ1) is 24.5. The Hall–Kier alpha value is -1.12. The van der Waals surface area contributed by atoms with Crippen LogP contribution in [0.25, 0.3) is 0 Å². The van der Waals surface area contributed by atoms with Crippen molar-refractivity contribution in [3.8, 4) is 0 Å². The fourth-order valence-electron chi connectivity index (χ4n) is 6.25. The first-order valence-electron chi connectivity index (χ1n) is 12.7. The maximum atomic E-state index is 10.2. The minimum absolute atomic E-state index is 0.173. The van der Waals surface area contributed by atoms with E-state index in [1.807, 2.05) is 13.8 Å². The minimum Gasteiger partial charge on any atom is -0.393 e. The van der Waals surface area contributed by atoms with Gasteiger partial charge in [-0.1, -0.05) is 62.8 Å². The molecule has 3 rings (SSSR count). The summed E-state index contributed by atoms with van der Waals surface area (Å²) in [6.07, 6.45) is 19.3. The van der Waals surface area contributed by atoms with Crippen molar-refractivity contribution in [1.29, 1.82) is 0 Å². The molecule has 0 amide bonds. The molecule has 0 aliphatic heterocycles. The van der Waals surface area contributed by atoms with E-state index in [9.17, 15) is 10.2 Å². The van der Waals surface area contributed by atoms with Crippen LogP contribution in [0.5, 0.6) is 0 Å². The van der Waals surface area contributed by atoms with Crippen LogP contribution in [-0.4, -0.2) is 21.9 Å². The maximum absolute atomic E-state index is 10.2. The molecule has 5 unspecified atom stereocenters. The molecule has 3 aliphatic carbocycles. The van der Waals surface area contributed by atoms with Gasteiger partial charge in [0.1, 0.15) is 0 Å². The Morgan fingerprint density at radius 1 is 1.13 bits per heavy atom. The second kappa shape index (κ2) is 9.79. The van der Waals surface area contributed by atoms with Gasteiger partial charge in [0.15, 0.2) is 0 Å². The molecule has 3 fully saturated rings. The third-order valence-electron chi connectivity index (χ3n) is 8.85. The molecule has 0 aromatic carbocycles. The molecule has 3 aliphatic rings. The molecule has 174 valence electrons. The van der Waals surface area contributed by atoms with Gasteiger partial charge in [0, 0.05) is 5.92 Å². The summed E-state index contributed by atoms with van der Waals surface area (Å²) in [4.78, 5) is 0. The molecular formula is C29H46O2. The monoisotopic (exact) mass is 426 g/mol. The van der Waals surface area contributed by atoms with E-state index in [-0.39, 0.29) is 12.0 Å². The van der Waals surface area contributed by atoms with Gasteiger partial charge < -0.3 is 10.2 Å². The Kier molecular flexibility index (Phi) is 7.75. The largest absolute Gasteiger partial charge is 0.393 e. The number of hydrogen-bond donors (Lipinski definition) is 2. The summed E-state index contributed by atoms with van der Waals surface area (Å²) in [6.45, 7) is 15.0. The second-order valence-electron chi connectivity index (χ2n) is 11.7. The van der Waals surface area contributed by atoms with Gasteiger partial charge in [-0.3, -0.25) is 0 Å². The third kappa shape index (κ3) is 5.82. The van der Waals surface area contributed by atoms with E-state index in [0.29, 0.717) is 17.3 Å². The van der Waals surface area contributed by atoms with Crippen LogP contribution in [0.3, 0.4) is 0 Å². The number of allylic oxidation sites excluding steroid dienone is 5. The van der Waals surface area contributed by atoms with Crippen LogP contribution in [0.2, 0.25) is 0 Å². The molecule has 0 spiro atoms. The van der Waals surface area contributed by atoms with E-state index >= 15 is 0 Å². The Morgan fingerprint density at radius 3 is 2.58 bits per heavy atom. The van der Waals surface area contributed by atoms with Crippen molar-refractivity contribution in [3.05, 3.63) is 47.6 Å². The summed E-state index contributed by atoms with van der Waals surface area (Å²) in [6, 6.07) is 0. The van der Waals surface area contributed by atoms with Crippen LogP contribution in [0.4, 0.5) is 0 Å². The Labute approximate surface area is 191 Å². The zero-order valence-corrected chi connectivity index (χ0v) is 20.7. The lowest BCUT2D eigenvalue weighted by Gasteiger charge is -2.43. The molecule has 3 saturated carbocycles. The Bertz CT molecular complexity index is 734. The van der Waals surface area contributed by atoms with Gasteiger partial charge in [-0.15, -0.1) is 0 Å². The lowest BCUT2D eigenvalue weighted by molar-refractivity contribution is 0.0438. The summed E-state index contributed by atoms with van der Waals surface area (Å²) in [7, 11) is 0. The van der Waals surface area contributed by atoms with Crippen LogP contribution in [0.1, 0.15) is 92.4 Å². The van der Waals surface area contributed by atoms with Crippen LogP contribution in [-0.2, 0) is 0 Å². The Morgan fingerprint density at radius 2 is 1.87 bits per heavy atom. The van der Waals surface area contributed by atoms with Crippen molar-refractivity contribution in [2.45, 2.75) is 104 Å². The highest BCUT2D eigenvalue weighted by atomic mass is 16.3. The first-order chi connectivity index (χ1) is 14.5. The molecule has 2 nitrogen and oxygen atoms in total. The molecule has 0 aromatic rings. The minimum atomic E-state index is -0.655. The number of hydrogen-bond acceptors (Lipinski definition) is 2. The van der Waals surface area contributed by atoms with Crippen molar-refractivity contribution in [3.63, 3.8) is 0 Å². The highest BCUT2D eigenvalue weighted by Crippen LogP contribution is 2.59. The third-order valence-corrected chi connectivity index (χ3v) is 8.85. The summed E-state index contributed by atoms with van der Waals surface area (Å²) in [5.41, 5.74) is 3.86. The van der Waals surface area contributed by atoms with Crippen molar-refractivity contribution < 1.29 is 10.2 Å². The zero-order chi connectivity index (χ0) is 22.8. The predicted octanol–water partition coefficient (Wildman–Crippen LogP) is 7.15. The van der Waals surface area contributed by atoms with E-state index in [2.05, 4.69) is 51.7 Å². The molecule has 0 heterocycles. The molecule has 31 heavy (non-hydrogen) atoms. The normalized spacial score (nSPS) is 36.9. The number of aliphatic hydroxyl groups excluding tert-OH is 1. The van der Waals surface area contributed by atoms with Crippen LogP contribution in [0, 0.1) is 29.1 Å². The van der Waals surface area contributed by atoms with Gasteiger partial charge in [-0.25, -0.2) is 0 Å². The quantitative estimate of drug-likeness (QED) is 0.443. The Balaban J connectivity index is 1.68. The van der Waals surface area contributed by atoms with E-state index < -0.39 is 5.60 Å². The van der Waals surface area contributed by atoms with E-state index in [4.69, 9.17) is 0 Å². The van der Waals surface area contributed by atoms with Gasteiger partial charge in [0.2, 0.25) is 0 Å². The van der Waals surface area contributed by atoms with Gasteiger partial charge >= 0.3 is 0 Å². The lowest BCUT2D eigenvalue weighted by Crippen LogP contribution is -2.33. The summed E-state index contributed by atoms with van der Waals surface area (Å²) in [5, 5.41) is 20.2. The van der Waals surface area contributed by atoms with Crippen molar-refractivity contribution >= 4 is 0 Å². The molecule has 0 radical (unpaired) electrons. The molecule has 0 saturated heterocycles. The number of aliphatic hydroxyl groups is 2. The first-order valence-corrected chi connectivity index (χ1v) is 12.7. The smallest absolute Gasteiger partial charge is 0.0651 e. The molecular weight excluding hydrogens is 380 g/mol. The molecule has 2 heteroatoms. The van der Waals surface area contributed by atoms with Crippen LogP contribution in [0.15, 0.2) is 47.6 Å². The van der Waals surface area contributed by atoms with Gasteiger partial charge in [-0.05, 0) is 100 Å². The summed E-state index contributed by atoms with van der Waals surface area (Å²) < 4.78 is 0. The fourth-order valence-corrected chi connectivity index (χ4v) is 6.25. The van der Waals surface area contributed by atoms with Crippen LogP contribution >= 0.6 is 0 Å². The lowest BCUT2D eigenvalue weighted by atomic mass is 9.62. The maximum Gasteiger partial charge on any atom is 0.0651 e. The van der Waals surface area contributed by atoms with Crippen molar-refractivity contribution in [2.24, 2.45) is 29.1 Å². The topological polar surface area (TPSA) is 40.5 Å². The van der Waals surface area contributed by atoms with Gasteiger partial charge in [0.05, 0.1) is 11.7 Å². The highest BCUT2D eigenvalue weighted by Gasteiger charge is 2.48. The summed E-state index contributed by atoms with van der Waals surface area (Å²) >= 11 is 0. The van der Waals surface area contributed by atoms with E-state index in [1.165, 1.54) is 49.7 Å². The molecule has 0 aromatic heterocycles. The predicted molar refractivity (Wildman–Crippen MR) is 132 cm³/mol. The molecule has 0 bridgehead atoms. The standard InChI is InChI=1S/C29H46O2/c1-20(9-11-22(3)28(4,5)31)18-25-14-16-27-23(8-7-17-29(25,27)6)12-13-24-19-26(30)15-10-21(24)2/h9,11-13,20,22,25-27,30-31H,2,7-8,10,14-19H2,1,3-6H3/b11-9+,23-12+,24-13-/t20?,22-,25?,26?,27?,29?/m1/s1. The average molecular weight is 427 g/mol. The number of fused-ring (bicyclic) bond motifs is 1. The second-order valence-corrected chi connectivity index (χ2v) is 11.7. The van der Waals surface area contributed by atoms with Gasteiger partial charge in [-0.2, -0.15) is 0 Å². The number of rotatable bonds is 6. The van der Waals surface area contributed by atoms with Crippen LogP contribution < -0.4 is 0 Å².